The van der Waals surface area contributed by atoms with Gasteiger partial charge in [-0.3, -0.25) is 0 Å². The number of rotatable bonds is 10. The number of hydrogen-bond donors (Lipinski definition) is 0. The average molecular weight is 591 g/mol. The smallest absolute Gasteiger partial charge is 0.400 e. The minimum absolute atomic E-state index is 0.208. The molecule has 0 amide bonds. The summed E-state index contributed by atoms with van der Waals surface area (Å²) in [5.74, 6) is -2.92. The van der Waals surface area contributed by atoms with E-state index in [2.05, 4.69) is 35.9 Å². The Morgan fingerprint density at radius 1 is 0.667 bits per heavy atom. The van der Waals surface area contributed by atoms with Crippen LogP contribution in [-0.2, 0) is 0 Å². The monoisotopic (exact) mass is 590 g/mol. The number of halogens is 5. The van der Waals surface area contributed by atoms with Crippen molar-refractivity contribution < 1.29 is 26.7 Å². The highest BCUT2D eigenvalue weighted by molar-refractivity contribution is 5.29. The molecule has 0 atom stereocenters. The van der Waals surface area contributed by atoms with Gasteiger partial charge in [0.05, 0.1) is 5.92 Å². The second kappa shape index (κ2) is 14.1. The molecular weight excluding hydrogens is 543 g/mol. The third-order valence-electron chi connectivity index (χ3n) is 10.8. The lowest BCUT2D eigenvalue weighted by atomic mass is 9.68. The Balaban J connectivity index is 1.06. The predicted octanol–water partition coefficient (Wildman–Crippen LogP) is 11.7. The fourth-order valence-electron chi connectivity index (χ4n) is 8.19. The topological polar surface area (TPSA) is 9.23 Å². The van der Waals surface area contributed by atoms with Crippen LogP contribution in [0.1, 0.15) is 133 Å². The Bertz CT molecular complexity index is 1100. The SMILES string of the molecule is CCCCCC1CCC(C2CCC(c3ccc(C4CCC(C(F)(F)Oc5cc(F)c(F)c(F)c5)CC4)cc3)CC2)CC1. The average Bonchev–Trinajstić information content (AvgIpc) is 3.00. The molecule has 3 aliphatic carbocycles. The summed E-state index contributed by atoms with van der Waals surface area (Å²) in [6.45, 7) is 2.29. The van der Waals surface area contributed by atoms with E-state index < -0.39 is 35.2 Å². The number of benzene rings is 2. The molecule has 6 heteroatoms. The summed E-state index contributed by atoms with van der Waals surface area (Å²) in [7, 11) is 0. The van der Waals surface area contributed by atoms with Gasteiger partial charge in [-0.05, 0) is 105 Å². The number of alkyl halides is 2. The van der Waals surface area contributed by atoms with E-state index in [1.54, 1.807) is 0 Å². The van der Waals surface area contributed by atoms with Crippen molar-refractivity contribution in [1.82, 2.24) is 0 Å². The van der Waals surface area contributed by atoms with Crippen molar-refractivity contribution in [2.75, 3.05) is 0 Å². The molecule has 3 aliphatic rings. The van der Waals surface area contributed by atoms with Crippen LogP contribution in [0.25, 0.3) is 0 Å². The summed E-state index contributed by atoms with van der Waals surface area (Å²) in [5, 5.41) is 0. The zero-order valence-electron chi connectivity index (χ0n) is 25.0. The molecule has 0 aromatic heterocycles. The second-order valence-corrected chi connectivity index (χ2v) is 13.5. The van der Waals surface area contributed by atoms with Crippen LogP contribution in [0.5, 0.6) is 5.75 Å². The molecule has 0 spiro atoms. The maximum absolute atomic E-state index is 14.8. The van der Waals surface area contributed by atoms with E-state index in [0.717, 1.165) is 17.8 Å². The first-order valence-electron chi connectivity index (χ1n) is 16.5. The van der Waals surface area contributed by atoms with Crippen LogP contribution < -0.4 is 4.74 Å². The van der Waals surface area contributed by atoms with E-state index in [0.29, 0.717) is 30.9 Å². The lowest BCUT2D eigenvalue weighted by molar-refractivity contribution is -0.222. The molecule has 0 heterocycles. The van der Waals surface area contributed by atoms with Crippen molar-refractivity contribution >= 4 is 0 Å². The van der Waals surface area contributed by atoms with Gasteiger partial charge in [-0.1, -0.05) is 69.7 Å². The summed E-state index contributed by atoms with van der Waals surface area (Å²) in [4.78, 5) is 0. The molecule has 5 rings (SSSR count). The highest BCUT2D eigenvalue weighted by Crippen LogP contribution is 2.46. The molecular formula is C36H47F5O. The molecule has 0 saturated heterocycles. The van der Waals surface area contributed by atoms with E-state index in [4.69, 9.17) is 0 Å². The van der Waals surface area contributed by atoms with Gasteiger partial charge in [0, 0.05) is 12.1 Å². The van der Waals surface area contributed by atoms with Crippen LogP contribution in [0.15, 0.2) is 36.4 Å². The Kier molecular flexibility index (Phi) is 10.5. The molecule has 0 bridgehead atoms. The van der Waals surface area contributed by atoms with Crippen LogP contribution in [0.3, 0.4) is 0 Å². The predicted molar refractivity (Wildman–Crippen MR) is 157 cm³/mol. The Hall–Kier alpha value is -2.11. The van der Waals surface area contributed by atoms with Crippen LogP contribution in [0.4, 0.5) is 22.0 Å². The van der Waals surface area contributed by atoms with Gasteiger partial charge in [-0.15, -0.1) is 0 Å². The maximum Gasteiger partial charge on any atom is 0.400 e. The van der Waals surface area contributed by atoms with Crippen molar-refractivity contribution in [2.45, 2.75) is 128 Å². The zero-order valence-corrected chi connectivity index (χ0v) is 25.0. The molecule has 0 radical (unpaired) electrons. The van der Waals surface area contributed by atoms with Crippen molar-refractivity contribution in [3.8, 4) is 5.75 Å². The number of ether oxygens (including phenoxy) is 1. The van der Waals surface area contributed by atoms with Gasteiger partial charge in [0.1, 0.15) is 5.75 Å². The molecule has 2 aromatic carbocycles. The highest BCUT2D eigenvalue weighted by atomic mass is 19.3. The molecule has 1 nitrogen and oxygen atoms in total. The molecule has 3 fully saturated rings. The van der Waals surface area contributed by atoms with E-state index in [-0.39, 0.29) is 18.8 Å². The maximum atomic E-state index is 14.8. The third-order valence-corrected chi connectivity index (χ3v) is 10.8. The first-order chi connectivity index (χ1) is 20.2. The molecule has 0 N–H and O–H groups in total. The largest absolute Gasteiger partial charge is 0.432 e. The van der Waals surface area contributed by atoms with E-state index in [1.807, 2.05) is 0 Å². The van der Waals surface area contributed by atoms with Crippen LogP contribution in [-0.4, -0.2) is 6.11 Å². The van der Waals surface area contributed by atoms with Gasteiger partial charge in [-0.2, -0.15) is 8.78 Å². The Morgan fingerprint density at radius 3 is 1.64 bits per heavy atom. The van der Waals surface area contributed by atoms with E-state index >= 15 is 0 Å². The van der Waals surface area contributed by atoms with Crippen LogP contribution in [0, 0.1) is 41.1 Å². The summed E-state index contributed by atoms with van der Waals surface area (Å²) >= 11 is 0. The van der Waals surface area contributed by atoms with Crippen molar-refractivity contribution in [2.24, 2.45) is 23.7 Å². The van der Waals surface area contributed by atoms with Gasteiger partial charge in [0.2, 0.25) is 0 Å². The van der Waals surface area contributed by atoms with E-state index in [9.17, 15) is 22.0 Å². The van der Waals surface area contributed by atoms with Gasteiger partial charge in [0.25, 0.3) is 0 Å². The number of unbranched alkanes of at least 4 members (excludes halogenated alkanes) is 2. The Labute approximate surface area is 248 Å². The van der Waals surface area contributed by atoms with Crippen LogP contribution >= 0.6 is 0 Å². The molecule has 3 saturated carbocycles. The molecule has 0 aliphatic heterocycles. The molecule has 42 heavy (non-hydrogen) atoms. The fraction of sp³-hybridized carbons (Fsp3) is 0.667. The fourth-order valence-corrected chi connectivity index (χ4v) is 8.19. The summed E-state index contributed by atoms with van der Waals surface area (Å²) in [6.07, 6.45) is 14.6. The third kappa shape index (κ3) is 7.69. The van der Waals surface area contributed by atoms with E-state index in [1.165, 1.54) is 88.2 Å². The molecule has 0 unspecified atom stereocenters. The lowest BCUT2D eigenvalue weighted by Gasteiger charge is -2.38. The summed E-state index contributed by atoms with van der Waals surface area (Å²) in [6, 6.07) is 9.81. The number of hydrogen-bond acceptors (Lipinski definition) is 1. The minimum atomic E-state index is -3.58. The Morgan fingerprint density at radius 2 is 1.14 bits per heavy atom. The highest BCUT2D eigenvalue weighted by Gasteiger charge is 2.44. The van der Waals surface area contributed by atoms with Crippen molar-refractivity contribution in [3.63, 3.8) is 0 Å². The van der Waals surface area contributed by atoms with Crippen molar-refractivity contribution in [3.05, 3.63) is 65.0 Å². The van der Waals surface area contributed by atoms with Crippen molar-refractivity contribution in [1.29, 1.82) is 0 Å². The van der Waals surface area contributed by atoms with Gasteiger partial charge in [-0.25, -0.2) is 13.2 Å². The second-order valence-electron chi connectivity index (χ2n) is 13.5. The zero-order chi connectivity index (χ0) is 29.7. The summed E-state index contributed by atoms with van der Waals surface area (Å²) in [5.41, 5.74) is 2.60. The van der Waals surface area contributed by atoms with Gasteiger partial charge >= 0.3 is 6.11 Å². The van der Waals surface area contributed by atoms with Crippen LogP contribution in [0.2, 0.25) is 0 Å². The minimum Gasteiger partial charge on any atom is -0.432 e. The summed E-state index contributed by atoms with van der Waals surface area (Å²) < 4.78 is 74.4. The lowest BCUT2D eigenvalue weighted by Crippen LogP contribution is -2.37. The first-order valence-corrected chi connectivity index (χ1v) is 16.5. The molecule has 232 valence electrons. The quantitative estimate of drug-likeness (QED) is 0.152. The standard InChI is InChI=1S/C36H47F5O/c1-2-3-4-5-24-6-8-25(9-7-24)26-10-12-27(13-11-26)28-14-16-29(17-15-28)30-18-20-31(21-19-30)36(40,41)42-32-22-33(37)35(39)34(38)23-32/h14-17,22-27,30-31H,2-13,18-21H2,1H3. The van der Waals surface area contributed by atoms with Gasteiger partial charge in [0.15, 0.2) is 17.5 Å². The van der Waals surface area contributed by atoms with Gasteiger partial charge < -0.3 is 4.74 Å². The normalized spacial score (nSPS) is 28.9. The molecule has 2 aromatic rings. The first kappa shape index (κ1) is 31.3.